The number of nitrogens with zero attached hydrogens (tertiary/aromatic N) is 2. The molecule has 0 spiro atoms. The number of nitro groups is 1. The van der Waals surface area contributed by atoms with Gasteiger partial charge >= 0.3 is 5.69 Å². The summed E-state index contributed by atoms with van der Waals surface area (Å²) in [4.78, 5) is 10.5. The highest BCUT2D eigenvalue weighted by Crippen LogP contribution is 2.28. The quantitative estimate of drug-likeness (QED) is 0.605. The van der Waals surface area contributed by atoms with Crippen LogP contribution >= 0.6 is 0 Å². The second-order valence-electron chi connectivity index (χ2n) is 4.49. The molecule has 1 aromatic rings. The van der Waals surface area contributed by atoms with Crippen LogP contribution in [0.5, 0.6) is 0 Å². The Kier molecular flexibility index (Phi) is 4.84. The molecular weight excluding hydrogens is 244 g/mol. The maximum absolute atomic E-state index is 11.0. The number of para-hydroxylation sites is 1. The molecule has 6 heteroatoms. The Hall–Kier alpha value is -2.13. The Morgan fingerprint density at radius 2 is 2.11 bits per heavy atom. The van der Waals surface area contributed by atoms with E-state index in [1.54, 1.807) is 12.1 Å². The van der Waals surface area contributed by atoms with Gasteiger partial charge in [-0.3, -0.25) is 10.1 Å². The Balaban J connectivity index is 3.03. The van der Waals surface area contributed by atoms with Gasteiger partial charge in [0.25, 0.3) is 0 Å². The normalized spacial score (nSPS) is 10.8. The van der Waals surface area contributed by atoms with Crippen molar-refractivity contribution in [1.29, 1.82) is 5.26 Å². The number of benzene rings is 1. The fourth-order valence-corrected chi connectivity index (χ4v) is 1.74. The van der Waals surface area contributed by atoms with Crippen molar-refractivity contribution in [2.75, 3.05) is 11.9 Å². The van der Waals surface area contributed by atoms with Gasteiger partial charge in [-0.15, -0.1) is 0 Å². The fourth-order valence-electron chi connectivity index (χ4n) is 1.74. The van der Waals surface area contributed by atoms with Crippen LogP contribution in [-0.4, -0.2) is 17.0 Å². The average Bonchev–Trinajstić information content (AvgIpc) is 2.43. The van der Waals surface area contributed by atoms with Crippen LogP contribution in [0.15, 0.2) is 18.2 Å². The third-order valence-corrected chi connectivity index (χ3v) is 3.38. The lowest BCUT2D eigenvalue weighted by Crippen LogP contribution is -2.45. The van der Waals surface area contributed by atoms with Gasteiger partial charge in [0.2, 0.25) is 0 Å². The largest absolute Gasteiger partial charge is 0.378 e. The highest BCUT2D eigenvalue weighted by Gasteiger charge is 2.23. The van der Waals surface area contributed by atoms with Crippen LogP contribution in [0.1, 0.15) is 32.3 Å². The zero-order chi connectivity index (χ0) is 14.5. The Labute approximate surface area is 112 Å². The number of nitrogens with one attached hydrogen (secondary N) is 1. The van der Waals surface area contributed by atoms with Crippen LogP contribution in [0.2, 0.25) is 0 Å². The van der Waals surface area contributed by atoms with Crippen LogP contribution in [0.25, 0.3) is 0 Å². The van der Waals surface area contributed by atoms with E-state index in [1.165, 1.54) is 6.07 Å². The molecule has 0 saturated carbocycles. The molecular formula is C13H18N4O2. The van der Waals surface area contributed by atoms with Gasteiger partial charge in [-0.05, 0) is 25.0 Å². The summed E-state index contributed by atoms with van der Waals surface area (Å²) in [5, 5.41) is 22.9. The Morgan fingerprint density at radius 3 is 2.58 bits per heavy atom. The van der Waals surface area contributed by atoms with E-state index in [-0.39, 0.29) is 11.3 Å². The first-order chi connectivity index (χ1) is 8.97. The maximum Gasteiger partial charge on any atom is 0.309 e. The number of hydrogen-bond acceptors (Lipinski definition) is 5. The molecule has 0 aliphatic rings. The fraction of sp³-hybridized carbons (Fsp3) is 0.462. The van der Waals surface area contributed by atoms with Crippen LogP contribution in [-0.2, 0) is 0 Å². The van der Waals surface area contributed by atoms with E-state index >= 15 is 0 Å². The second kappa shape index (κ2) is 6.16. The minimum atomic E-state index is -0.545. The summed E-state index contributed by atoms with van der Waals surface area (Å²) in [5.74, 6) is 0. The van der Waals surface area contributed by atoms with Gasteiger partial charge in [0.1, 0.15) is 17.3 Å². The van der Waals surface area contributed by atoms with Crippen LogP contribution in [0.4, 0.5) is 11.4 Å². The topological polar surface area (TPSA) is 105 Å². The van der Waals surface area contributed by atoms with E-state index < -0.39 is 10.5 Å². The maximum atomic E-state index is 11.0. The molecule has 0 amide bonds. The first kappa shape index (κ1) is 14.9. The third kappa shape index (κ3) is 3.42. The molecule has 1 aromatic carbocycles. The highest BCUT2D eigenvalue weighted by molar-refractivity contribution is 5.68. The van der Waals surface area contributed by atoms with E-state index in [9.17, 15) is 10.1 Å². The van der Waals surface area contributed by atoms with Gasteiger partial charge in [0.15, 0.2) is 0 Å². The Morgan fingerprint density at radius 1 is 1.47 bits per heavy atom. The second-order valence-corrected chi connectivity index (χ2v) is 4.49. The molecule has 6 nitrogen and oxygen atoms in total. The number of nitro benzene ring substituents is 1. The minimum absolute atomic E-state index is 0.0469. The highest BCUT2D eigenvalue weighted by atomic mass is 16.6. The van der Waals surface area contributed by atoms with Gasteiger partial charge in [0.05, 0.1) is 4.92 Å². The monoisotopic (exact) mass is 262 g/mol. The van der Waals surface area contributed by atoms with Crippen LogP contribution < -0.4 is 11.1 Å². The van der Waals surface area contributed by atoms with E-state index in [0.29, 0.717) is 12.2 Å². The first-order valence-electron chi connectivity index (χ1n) is 6.17. The summed E-state index contributed by atoms with van der Waals surface area (Å²) in [6.45, 7) is 4.38. The molecule has 0 unspecified atom stereocenters. The van der Waals surface area contributed by atoms with E-state index in [1.807, 2.05) is 19.9 Å². The van der Waals surface area contributed by atoms with Crippen molar-refractivity contribution in [3.63, 3.8) is 0 Å². The summed E-state index contributed by atoms with van der Waals surface area (Å²) in [6.07, 6.45) is 1.53. The lowest BCUT2D eigenvalue weighted by molar-refractivity contribution is -0.384. The average molecular weight is 262 g/mol. The van der Waals surface area contributed by atoms with Crippen molar-refractivity contribution in [2.45, 2.75) is 32.2 Å². The number of nitriles is 1. The molecule has 0 saturated heterocycles. The summed E-state index contributed by atoms with van der Waals surface area (Å²) < 4.78 is 0. The number of nitrogens with two attached hydrogens (primary N) is 1. The molecule has 0 bridgehead atoms. The Bertz CT molecular complexity index is 504. The smallest absolute Gasteiger partial charge is 0.309 e. The van der Waals surface area contributed by atoms with Crippen LogP contribution in [0.3, 0.4) is 0 Å². The molecule has 0 aliphatic heterocycles. The first-order valence-corrected chi connectivity index (χ1v) is 6.17. The zero-order valence-electron chi connectivity index (χ0n) is 11.1. The van der Waals surface area contributed by atoms with Crippen molar-refractivity contribution >= 4 is 11.4 Å². The summed E-state index contributed by atoms with van der Waals surface area (Å²) in [7, 11) is 0. The molecule has 102 valence electrons. The zero-order valence-corrected chi connectivity index (χ0v) is 11.1. The standard InChI is InChI=1S/C13H18N4O2/c1-3-13(15,4-2)9-16-11-7-5-6-10(8-14)12(11)17(18)19/h5-7,16H,3-4,9,15H2,1-2H3. The number of anilines is 1. The van der Waals surface area contributed by atoms with Crippen molar-refractivity contribution in [2.24, 2.45) is 5.73 Å². The molecule has 0 heterocycles. The van der Waals surface area contributed by atoms with Gasteiger partial charge < -0.3 is 11.1 Å². The molecule has 0 fully saturated rings. The molecule has 0 atom stereocenters. The van der Waals surface area contributed by atoms with Gasteiger partial charge in [-0.1, -0.05) is 19.9 Å². The molecule has 0 aliphatic carbocycles. The van der Waals surface area contributed by atoms with Crippen molar-refractivity contribution in [1.82, 2.24) is 0 Å². The molecule has 3 N–H and O–H groups in total. The lowest BCUT2D eigenvalue weighted by Gasteiger charge is -2.27. The van der Waals surface area contributed by atoms with Crippen molar-refractivity contribution in [3.05, 3.63) is 33.9 Å². The number of hydrogen-bond donors (Lipinski definition) is 2. The van der Waals surface area contributed by atoms with Gasteiger partial charge in [-0.25, -0.2) is 0 Å². The summed E-state index contributed by atoms with van der Waals surface area (Å²) >= 11 is 0. The molecule has 0 radical (unpaired) electrons. The third-order valence-electron chi connectivity index (χ3n) is 3.38. The SMILES string of the molecule is CCC(N)(CC)CNc1cccc(C#N)c1[N+](=O)[O-]. The summed E-state index contributed by atoms with van der Waals surface area (Å²) in [6, 6.07) is 6.46. The predicted molar refractivity (Wildman–Crippen MR) is 73.8 cm³/mol. The number of rotatable bonds is 6. The summed E-state index contributed by atoms with van der Waals surface area (Å²) in [5.41, 5.74) is 5.92. The molecule has 19 heavy (non-hydrogen) atoms. The van der Waals surface area contributed by atoms with Crippen molar-refractivity contribution < 1.29 is 4.92 Å². The molecule has 1 rings (SSSR count). The minimum Gasteiger partial charge on any atom is -0.378 e. The molecule has 0 aromatic heterocycles. The van der Waals surface area contributed by atoms with Gasteiger partial charge in [-0.2, -0.15) is 5.26 Å². The van der Waals surface area contributed by atoms with E-state index in [4.69, 9.17) is 11.0 Å². The van der Waals surface area contributed by atoms with Crippen LogP contribution in [0, 0.1) is 21.4 Å². The lowest BCUT2D eigenvalue weighted by atomic mass is 9.94. The predicted octanol–water partition coefficient (Wildman–Crippen LogP) is 2.40. The van der Waals surface area contributed by atoms with E-state index in [0.717, 1.165) is 12.8 Å². The van der Waals surface area contributed by atoms with Crippen molar-refractivity contribution in [3.8, 4) is 6.07 Å². The van der Waals surface area contributed by atoms with E-state index in [2.05, 4.69) is 5.32 Å². The van der Waals surface area contributed by atoms with Gasteiger partial charge in [0, 0.05) is 12.1 Å².